The molecule has 3 amide bonds. The fourth-order valence-corrected chi connectivity index (χ4v) is 5.26. The predicted octanol–water partition coefficient (Wildman–Crippen LogP) is 4.87. The number of ether oxygens (including phenoxy) is 1. The summed E-state index contributed by atoms with van der Waals surface area (Å²) < 4.78 is 35.5. The molecule has 0 bridgehead atoms. The van der Waals surface area contributed by atoms with Gasteiger partial charge in [0.2, 0.25) is 23.4 Å². The maximum absolute atomic E-state index is 15.1. The van der Waals surface area contributed by atoms with Crippen LogP contribution in [0.3, 0.4) is 0 Å². The zero-order valence-electron chi connectivity index (χ0n) is 26.3. The number of nitrogens with zero attached hydrogens (tertiary/aromatic N) is 1. The van der Waals surface area contributed by atoms with Gasteiger partial charge >= 0.3 is 12.0 Å². The molecule has 0 aromatic heterocycles. The average molecular weight is 628 g/mol. The van der Waals surface area contributed by atoms with E-state index in [4.69, 9.17) is 4.74 Å². The number of carbonyl (C=O) groups is 5. The number of hydrogen-bond acceptors (Lipinski definition) is 6. The topological polar surface area (TPSA) is 122 Å². The number of halogens is 2. The molecule has 1 aliphatic heterocycles. The number of benzene rings is 2. The Morgan fingerprint density at radius 3 is 2.02 bits per heavy atom. The van der Waals surface area contributed by atoms with E-state index in [-0.39, 0.29) is 31.9 Å². The van der Waals surface area contributed by atoms with Crippen molar-refractivity contribution in [3.05, 3.63) is 71.8 Å². The Labute approximate surface area is 263 Å². The largest absolute Gasteiger partial charge is 0.445 e. The van der Waals surface area contributed by atoms with Crippen molar-refractivity contribution >= 4 is 29.5 Å². The SMILES string of the molecule is CC(C)C(NC(=O)OCc1ccccc1)C(=O)N1CCCC1C(=O)NC(C(=O)C(F)(F)C(=O)CCCc1ccccc1)C(C)C. The Hall–Kier alpha value is -4.15. The number of alkyl carbamates (subject to hydrolysis) is 1. The molecule has 0 aliphatic carbocycles. The van der Waals surface area contributed by atoms with Crippen LogP contribution in [0.25, 0.3) is 0 Å². The first kappa shape index (κ1) is 35.3. The molecule has 0 radical (unpaired) electrons. The van der Waals surface area contributed by atoms with Crippen LogP contribution in [0.5, 0.6) is 0 Å². The van der Waals surface area contributed by atoms with Crippen LogP contribution in [0.4, 0.5) is 13.6 Å². The van der Waals surface area contributed by atoms with Crippen molar-refractivity contribution in [1.29, 1.82) is 0 Å². The van der Waals surface area contributed by atoms with Crippen LogP contribution in [0.1, 0.15) is 64.5 Å². The second kappa shape index (κ2) is 16.2. The summed E-state index contributed by atoms with van der Waals surface area (Å²) in [5, 5.41) is 4.99. The van der Waals surface area contributed by atoms with Gasteiger partial charge in [-0.05, 0) is 48.6 Å². The van der Waals surface area contributed by atoms with Crippen molar-refractivity contribution in [1.82, 2.24) is 15.5 Å². The number of likely N-dealkylation sites (tertiary alicyclic amines) is 1. The molecule has 9 nitrogen and oxygen atoms in total. The van der Waals surface area contributed by atoms with Crippen molar-refractivity contribution in [2.24, 2.45) is 11.8 Å². The van der Waals surface area contributed by atoms with Crippen LogP contribution in [0.2, 0.25) is 0 Å². The molecule has 2 aromatic rings. The van der Waals surface area contributed by atoms with Gasteiger partial charge < -0.3 is 20.3 Å². The lowest BCUT2D eigenvalue weighted by molar-refractivity contribution is -0.160. The smallest absolute Gasteiger partial charge is 0.408 e. The van der Waals surface area contributed by atoms with Gasteiger partial charge in [-0.2, -0.15) is 8.78 Å². The van der Waals surface area contributed by atoms with E-state index in [0.29, 0.717) is 12.8 Å². The quantitative estimate of drug-likeness (QED) is 0.272. The summed E-state index contributed by atoms with van der Waals surface area (Å²) in [5.41, 5.74) is 1.66. The third-order valence-corrected chi connectivity index (χ3v) is 7.88. The highest BCUT2D eigenvalue weighted by Gasteiger charge is 2.51. The molecule has 1 heterocycles. The van der Waals surface area contributed by atoms with Crippen molar-refractivity contribution in [3.63, 3.8) is 0 Å². The molecule has 0 spiro atoms. The number of amides is 3. The van der Waals surface area contributed by atoms with E-state index in [1.54, 1.807) is 38.1 Å². The lowest BCUT2D eigenvalue weighted by Crippen LogP contribution is -2.59. The minimum Gasteiger partial charge on any atom is -0.445 e. The summed E-state index contributed by atoms with van der Waals surface area (Å²) >= 11 is 0. The van der Waals surface area contributed by atoms with Gasteiger partial charge in [-0.25, -0.2) is 4.79 Å². The second-order valence-electron chi connectivity index (χ2n) is 12.0. The van der Waals surface area contributed by atoms with E-state index in [9.17, 15) is 24.0 Å². The fraction of sp³-hybridized carbons (Fsp3) is 0.500. The number of alkyl halides is 2. The van der Waals surface area contributed by atoms with Gasteiger partial charge in [0.05, 0.1) is 6.04 Å². The molecule has 1 aliphatic rings. The summed E-state index contributed by atoms with van der Waals surface area (Å²) in [6, 6.07) is 14.4. The molecule has 0 saturated carbocycles. The number of rotatable bonds is 15. The van der Waals surface area contributed by atoms with E-state index in [1.165, 1.54) is 18.7 Å². The lowest BCUT2D eigenvalue weighted by atomic mass is 9.92. The van der Waals surface area contributed by atoms with Crippen molar-refractivity contribution < 1.29 is 37.5 Å². The highest BCUT2D eigenvalue weighted by atomic mass is 19.3. The van der Waals surface area contributed by atoms with E-state index >= 15 is 8.78 Å². The fourth-order valence-electron chi connectivity index (χ4n) is 5.26. The van der Waals surface area contributed by atoms with Crippen molar-refractivity contribution in [2.45, 2.75) is 90.5 Å². The highest BCUT2D eigenvalue weighted by Crippen LogP contribution is 2.26. The van der Waals surface area contributed by atoms with Crippen LogP contribution in [-0.4, -0.2) is 65.0 Å². The second-order valence-corrected chi connectivity index (χ2v) is 12.0. The van der Waals surface area contributed by atoms with Gasteiger partial charge in [0.25, 0.3) is 0 Å². The van der Waals surface area contributed by atoms with Gasteiger partial charge in [0.15, 0.2) is 0 Å². The van der Waals surface area contributed by atoms with Gasteiger partial charge in [-0.1, -0.05) is 88.4 Å². The predicted molar refractivity (Wildman–Crippen MR) is 164 cm³/mol. The molecule has 3 unspecified atom stereocenters. The van der Waals surface area contributed by atoms with Gasteiger partial charge in [0.1, 0.15) is 18.7 Å². The maximum Gasteiger partial charge on any atom is 0.408 e. The molecule has 3 atom stereocenters. The number of carbonyl (C=O) groups excluding carboxylic acids is 5. The number of nitrogens with one attached hydrogen (secondary N) is 2. The summed E-state index contributed by atoms with van der Waals surface area (Å²) in [5.74, 6) is -9.85. The van der Waals surface area contributed by atoms with Crippen LogP contribution in [-0.2, 0) is 36.9 Å². The molecule has 244 valence electrons. The minimum atomic E-state index is -4.28. The Morgan fingerprint density at radius 2 is 1.44 bits per heavy atom. The van der Waals surface area contributed by atoms with E-state index in [0.717, 1.165) is 11.1 Å². The zero-order chi connectivity index (χ0) is 33.1. The first-order valence-corrected chi connectivity index (χ1v) is 15.4. The minimum absolute atomic E-state index is 0.00517. The average Bonchev–Trinajstić information content (AvgIpc) is 3.52. The van der Waals surface area contributed by atoms with Crippen LogP contribution < -0.4 is 10.6 Å². The summed E-state index contributed by atoms with van der Waals surface area (Å²) in [7, 11) is 0. The molecule has 45 heavy (non-hydrogen) atoms. The molecule has 2 N–H and O–H groups in total. The molecule has 3 rings (SSSR count). The van der Waals surface area contributed by atoms with E-state index < -0.39 is 65.9 Å². The summed E-state index contributed by atoms with van der Waals surface area (Å²) in [6.45, 7) is 6.67. The third-order valence-electron chi connectivity index (χ3n) is 7.88. The van der Waals surface area contributed by atoms with Crippen molar-refractivity contribution in [2.75, 3.05) is 6.54 Å². The van der Waals surface area contributed by atoms with Crippen LogP contribution in [0.15, 0.2) is 60.7 Å². The van der Waals surface area contributed by atoms with E-state index in [2.05, 4.69) is 10.6 Å². The lowest BCUT2D eigenvalue weighted by Gasteiger charge is -2.32. The Kier molecular flexibility index (Phi) is 12.8. The first-order valence-electron chi connectivity index (χ1n) is 15.4. The normalized spacial score (nSPS) is 16.3. The van der Waals surface area contributed by atoms with E-state index in [1.807, 2.05) is 36.4 Å². The monoisotopic (exact) mass is 627 g/mol. The van der Waals surface area contributed by atoms with Crippen LogP contribution in [0, 0.1) is 11.8 Å². The number of ketones is 2. The maximum atomic E-state index is 15.1. The highest BCUT2D eigenvalue weighted by molar-refractivity contribution is 6.11. The molecule has 1 fully saturated rings. The molecule has 11 heteroatoms. The Balaban J connectivity index is 1.63. The Morgan fingerprint density at radius 1 is 0.867 bits per heavy atom. The Bertz CT molecular complexity index is 1320. The molecular formula is C34H43F2N3O6. The summed E-state index contributed by atoms with van der Waals surface area (Å²) in [4.78, 5) is 66.2. The van der Waals surface area contributed by atoms with Gasteiger partial charge in [0, 0.05) is 13.0 Å². The first-order chi connectivity index (χ1) is 21.3. The zero-order valence-corrected chi connectivity index (χ0v) is 26.3. The molecule has 1 saturated heterocycles. The summed E-state index contributed by atoms with van der Waals surface area (Å²) in [6.07, 6.45) is -0.0301. The number of aryl methyl sites for hydroxylation is 1. The number of hydrogen-bond donors (Lipinski definition) is 2. The van der Waals surface area contributed by atoms with Gasteiger partial charge in [-0.3, -0.25) is 19.2 Å². The third kappa shape index (κ3) is 9.67. The van der Waals surface area contributed by atoms with Crippen LogP contribution >= 0.6 is 0 Å². The molecule has 2 aromatic carbocycles. The molecular weight excluding hydrogens is 584 g/mol. The number of Topliss-reactive ketones (excluding diaryl/α,β-unsaturated/α-hetero) is 2. The van der Waals surface area contributed by atoms with Gasteiger partial charge in [-0.15, -0.1) is 0 Å². The standard InChI is InChI=1S/C34H43F2N3O6/c1-22(2)28(30(41)34(35,36)27(40)19-11-17-24-13-7-5-8-14-24)37-31(42)26-18-12-20-39(26)32(43)29(23(3)4)38-33(44)45-21-25-15-9-6-10-16-25/h5-10,13-16,22-23,26,28-29H,11-12,17-21H2,1-4H3,(H,37,42)(H,38,44). The van der Waals surface area contributed by atoms with Crippen molar-refractivity contribution in [3.8, 4) is 0 Å².